The number of nitrogens with one attached hydrogen (secondary N) is 1. The van der Waals surface area contributed by atoms with E-state index in [4.69, 9.17) is 0 Å². The first-order valence-electron chi connectivity index (χ1n) is 10.1. The molecule has 1 amide bonds. The van der Waals surface area contributed by atoms with Gasteiger partial charge in [0.1, 0.15) is 5.82 Å². The Morgan fingerprint density at radius 3 is 2.52 bits per heavy atom. The number of rotatable bonds is 7. The normalized spacial score (nSPS) is 17.2. The standard InChI is InChI=1S/C22H32N4O/c1-17(2)25-13-9-20(10-14-25)22(27)24-21(19-7-5-4-6-8-19)11-15-26-16-12-23-18(26)3/h4-8,12,16-17,20-21H,9-11,13-15H2,1-3H3,(H,24,27)/t21-/m1/s1. The maximum Gasteiger partial charge on any atom is 0.223 e. The van der Waals surface area contributed by atoms with Gasteiger partial charge in [-0.15, -0.1) is 0 Å². The summed E-state index contributed by atoms with van der Waals surface area (Å²) in [6.07, 6.45) is 6.59. The van der Waals surface area contributed by atoms with Gasteiger partial charge in [-0.1, -0.05) is 30.3 Å². The highest BCUT2D eigenvalue weighted by Crippen LogP contribution is 2.23. The molecule has 146 valence electrons. The molecule has 3 rings (SSSR count). The zero-order chi connectivity index (χ0) is 19.2. The van der Waals surface area contributed by atoms with Crippen molar-refractivity contribution in [1.82, 2.24) is 19.8 Å². The number of aromatic nitrogens is 2. The number of nitrogens with zero attached hydrogens (tertiary/aromatic N) is 3. The summed E-state index contributed by atoms with van der Waals surface area (Å²) in [7, 11) is 0. The molecular formula is C22H32N4O. The van der Waals surface area contributed by atoms with Crippen LogP contribution in [-0.4, -0.2) is 39.5 Å². The minimum absolute atomic E-state index is 0.0311. The van der Waals surface area contributed by atoms with E-state index in [0.29, 0.717) is 6.04 Å². The Morgan fingerprint density at radius 1 is 1.22 bits per heavy atom. The number of imidazole rings is 1. The fraction of sp³-hybridized carbons (Fsp3) is 0.545. The summed E-state index contributed by atoms with van der Waals surface area (Å²) < 4.78 is 2.14. The van der Waals surface area contributed by atoms with Crippen LogP contribution in [0.1, 0.15) is 50.5 Å². The zero-order valence-electron chi connectivity index (χ0n) is 16.8. The number of likely N-dealkylation sites (tertiary alicyclic amines) is 1. The van der Waals surface area contributed by atoms with Crippen LogP contribution in [0.3, 0.4) is 0 Å². The van der Waals surface area contributed by atoms with Gasteiger partial charge in [0.15, 0.2) is 0 Å². The van der Waals surface area contributed by atoms with Crippen molar-refractivity contribution in [3.63, 3.8) is 0 Å². The van der Waals surface area contributed by atoms with E-state index < -0.39 is 0 Å². The van der Waals surface area contributed by atoms with Crippen LogP contribution in [0.15, 0.2) is 42.7 Å². The monoisotopic (exact) mass is 368 g/mol. The van der Waals surface area contributed by atoms with E-state index in [1.54, 1.807) is 0 Å². The molecule has 5 heteroatoms. The van der Waals surface area contributed by atoms with Gasteiger partial charge in [-0.2, -0.15) is 0 Å². The van der Waals surface area contributed by atoms with Crippen molar-refractivity contribution in [3.8, 4) is 0 Å². The van der Waals surface area contributed by atoms with Crippen molar-refractivity contribution in [3.05, 3.63) is 54.1 Å². The number of benzene rings is 1. The fourth-order valence-electron chi connectivity index (χ4n) is 3.88. The first-order valence-corrected chi connectivity index (χ1v) is 10.1. The van der Waals surface area contributed by atoms with Crippen molar-refractivity contribution in [2.75, 3.05) is 13.1 Å². The number of piperidine rings is 1. The quantitative estimate of drug-likeness (QED) is 0.813. The van der Waals surface area contributed by atoms with E-state index in [9.17, 15) is 4.79 Å². The molecule has 0 saturated carbocycles. The number of aryl methyl sites for hydroxylation is 2. The van der Waals surface area contributed by atoms with Gasteiger partial charge in [0, 0.05) is 30.9 Å². The van der Waals surface area contributed by atoms with Crippen LogP contribution < -0.4 is 5.32 Å². The lowest BCUT2D eigenvalue weighted by Gasteiger charge is -2.34. The third-order valence-electron chi connectivity index (χ3n) is 5.73. The molecule has 1 aliphatic heterocycles. The van der Waals surface area contributed by atoms with Gasteiger partial charge < -0.3 is 14.8 Å². The van der Waals surface area contributed by atoms with Gasteiger partial charge in [0.2, 0.25) is 5.91 Å². The smallest absolute Gasteiger partial charge is 0.223 e. The van der Waals surface area contributed by atoms with E-state index in [-0.39, 0.29) is 17.9 Å². The van der Waals surface area contributed by atoms with Crippen molar-refractivity contribution in [2.24, 2.45) is 5.92 Å². The Balaban J connectivity index is 1.63. The summed E-state index contributed by atoms with van der Waals surface area (Å²) in [5.74, 6) is 1.34. The van der Waals surface area contributed by atoms with Crippen LogP contribution in [0.2, 0.25) is 0 Å². The molecule has 0 aliphatic carbocycles. The maximum absolute atomic E-state index is 12.9. The molecule has 27 heavy (non-hydrogen) atoms. The van der Waals surface area contributed by atoms with Crippen LogP contribution >= 0.6 is 0 Å². The SMILES string of the molecule is Cc1nccn1CC[C@@H](NC(=O)C1CCN(C(C)C)CC1)c1ccccc1. The Hall–Kier alpha value is -2.14. The van der Waals surface area contributed by atoms with E-state index in [1.807, 2.05) is 37.5 Å². The van der Waals surface area contributed by atoms with Crippen molar-refractivity contribution >= 4 is 5.91 Å². The van der Waals surface area contributed by atoms with Crippen molar-refractivity contribution in [1.29, 1.82) is 0 Å². The second-order valence-electron chi connectivity index (χ2n) is 7.83. The second kappa shape index (κ2) is 9.18. The van der Waals surface area contributed by atoms with Crippen molar-refractivity contribution < 1.29 is 4.79 Å². The molecule has 1 atom stereocenters. The summed E-state index contributed by atoms with van der Waals surface area (Å²) in [4.78, 5) is 19.7. The average Bonchev–Trinajstić information content (AvgIpc) is 3.10. The highest BCUT2D eigenvalue weighted by atomic mass is 16.1. The van der Waals surface area contributed by atoms with E-state index in [2.05, 4.69) is 45.7 Å². The third kappa shape index (κ3) is 5.19. The van der Waals surface area contributed by atoms with Gasteiger partial charge in [0.05, 0.1) is 6.04 Å². The van der Waals surface area contributed by atoms with Crippen LogP contribution in [0.25, 0.3) is 0 Å². The summed E-state index contributed by atoms with van der Waals surface area (Å²) >= 11 is 0. The van der Waals surface area contributed by atoms with E-state index in [0.717, 1.165) is 44.7 Å². The second-order valence-corrected chi connectivity index (χ2v) is 7.83. The lowest BCUT2D eigenvalue weighted by Crippen LogP contribution is -2.43. The zero-order valence-corrected chi connectivity index (χ0v) is 16.8. The molecule has 1 aromatic heterocycles. The average molecular weight is 369 g/mol. The first-order chi connectivity index (χ1) is 13.0. The van der Waals surface area contributed by atoms with Crippen molar-refractivity contribution in [2.45, 2.75) is 58.7 Å². The summed E-state index contributed by atoms with van der Waals surface area (Å²) in [5.41, 5.74) is 1.17. The largest absolute Gasteiger partial charge is 0.349 e. The van der Waals surface area contributed by atoms with Gasteiger partial charge in [0.25, 0.3) is 0 Å². The molecule has 2 heterocycles. The lowest BCUT2D eigenvalue weighted by atomic mass is 9.94. The topological polar surface area (TPSA) is 50.2 Å². The molecule has 1 N–H and O–H groups in total. The van der Waals surface area contributed by atoms with Gasteiger partial charge in [-0.25, -0.2) is 4.98 Å². The molecule has 1 aromatic carbocycles. The van der Waals surface area contributed by atoms with Crippen LogP contribution in [0.5, 0.6) is 0 Å². The molecule has 0 bridgehead atoms. The minimum atomic E-state index is 0.0311. The predicted molar refractivity (Wildman–Crippen MR) is 108 cm³/mol. The molecule has 0 spiro atoms. The molecule has 2 aromatic rings. The van der Waals surface area contributed by atoms with Crippen LogP contribution in [0.4, 0.5) is 0 Å². The third-order valence-corrected chi connectivity index (χ3v) is 5.73. The predicted octanol–water partition coefficient (Wildman–Crippen LogP) is 3.56. The molecule has 1 aliphatic rings. The summed E-state index contributed by atoms with van der Waals surface area (Å²) in [6.45, 7) is 9.34. The minimum Gasteiger partial charge on any atom is -0.349 e. The number of hydrogen-bond acceptors (Lipinski definition) is 3. The van der Waals surface area contributed by atoms with Gasteiger partial charge >= 0.3 is 0 Å². The number of hydrogen-bond donors (Lipinski definition) is 1. The van der Waals surface area contributed by atoms with Gasteiger partial charge in [-0.3, -0.25) is 4.79 Å². The lowest BCUT2D eigenvalue weighted by molar-refractivity contribution is -0.127. The highest BCUT2D eigenvalue weighted by Gasteiger charge is 2.27. The molecule has 5 nitrogen and oxygen atoms in total. The Morgan fingerprint density at radius 2 is 1.93 bits per heavy atom. The Bertz CT molecular complexity index is 717. The molecule has 0 unspecified atom stereocenters. The van der Waals surface area contributed by atoms with Crippen LogP contribution in [0, 0.1) is 12.8 Å². The molecule has 1 saturated heterocycles. The number of carbonyl (C=O) groups is 1. The molecular weight excluding hydrogens is 336 g/mol. The van der Waals surface area contributed by atoms with E-state index in [1.165, 1.54) is 5.56 Å². The summed E-state index contributed by atoms with van der Waals surface area (Å²) in [5, 5.41) is 3.34. The molecule has 1 fully saturated rings. The summed E-state index contributed by atoms with van der Waals surface area (Å²) in [6, 6.07) is 10.9. The number of amides is 1. The van der Waals surface area contributed by atoms with Gasteiger partial charge in [-0.05, 0) is 58.7 Å². The Kier molecular flexibility index (Phi) is 6.67. The number of carbonyl (C=O) groups excluding carboxylic acids is 1. The maximum atomic E-state index is 12.9. The van der Waals surface area contributed by atoms with E-state index >= 15 is 0 Å². The van der Waals surface area contributed by atoms with Crippen LogP contribution in [-0.2, 0) is 11.3 Å². The highest BCUT2D eigenvalue weighted by molar-refractivity contribution is 5.79. The fourth-order valence-corrected chi connectivity index (χ4v) is 3.88. The Labute approximate surface area is 162 Å². The molecule has 0 radical (unpaired) electrons. The first kappa shape index (κ1) is 19.6.